The molecule has 6 nitrogen and oxygen atoms in total. The number of amides is 1. The third kappa shape index (κ3) is 2.60. The molecule has 2 unspecified atom stereocenters. The highest BCUT2D eigenvalue weighted by Gasteiger charge is 2.39. The Kier molecular flexibility index (Phi) is 4.22. The van der Waals surface area contributed by atoms with Crippen molar-refractivity contribution in [1.29, 1.82) is 0 Å². The van der Waals surface area contributed by atoms with E-state index in [-0.39, 0.29) is 17.4 Å². The van der Waals surface area contributed by atoms with Gasteiger partial charge < -0.3 is 0 Å². The van der Waals surface area contributed by atoms with E-state index in [1.165, 1.54) is 17.6 Å². The standard InChI is InChI=1S/C13H16N2O4S/c1-10-6-5-9-15(12(10)13(16)14-17)20(18,19)11-7-3-2-4-8-11/h2-8,10,12,17H,9H2,1H3,(H,14,16). The molecule has 0 saturated carbocycles. The Morgan fingerprint density at radius 1 is 1.35 bits per heavy atom. The molecule has 7 heteroatoms. The van der Waals surface area contributed by atoms with Gasteiger partial charge in [-0.2, -0.15) is 4.31 Å². The minimum absolute atomic E-state index is 0.0969. The van der Waals surface area contributed by atoms with Crippen LogP contribution in [0.3, 0.4) is 0 Å². The molecule has 0 radical (unpaired) electrons. The topological polar surface area (TPSA) is 86.7 Å². The van der Waals surface area contributed by atoms with Crippen LogP contribution in [0.2, 0.25) is 0 Å². The molecule has 2 N–H and O–H groups in total. The first kappa shape index (κ1) is 14.7. The number of nitrogens with one attached hydrogen (secondary N) is 1. The van der Waals surface area contributed by atoms with Crippen LogP contribution in [0, 0.1) is 5.92 Å². The van der Waals surface area contributed by atoms with Crippen LogP contribution >= 0.6 is 0 Å². The Morgan fingerprint density at radius 3 is 2.60 bits per heavy atom. The predicted molar refractivity (Wildman–Crippen MR) is 72.4 cm³/mol. The van der Waals surface area contributed by atoms with E-state index < -0.39 is 22.0 Å². The third-order valence-electron chi connectivity index (χ3n) is 3.26. The smallest absolute Gasteiger partial charge is 0.262 e. The Morgan fingerprint density at radius 2 is 2.00 bits per heavy atom. The molecule has 20 heavy (non-hydrogen) atoms. The lowest BCUT2D eigenvalue weighted by Crippen LogP contribution is -2.53. The summed E-state index contributed by atoms with van der Waals surface area (Å²) in [5.74, 6) is -1.06. The van der Waals surface area contributed by atoms with Crippen LogP contribution < -0.4 is 5.48 Å². The number of sulfonamides is 1. The second kappa shape index (κ2) is 5.74. The van der Waals surface area contributed by atoms with Gasteiger partial charge in [0, 0.05) is 6.54 Å². The van der Waals surface area contributed by atoms with Gasteiger partial charge in [-0.25, -0.2) is 13.9 Å². The van der Waals surface area contributed by atoms with Crippen molar-refractivity contribution in [2.24, 2.45) is 5.92 Å². The number of hydroxylamine groups is 1. The Balaban J connectivity index is 2.44. The molecule has 0 aliphatic carbocycles. The molecule has 1 aromatic rings. The molecule has 1 amide bonds. The van der Waals surface area contributed by atoms with Crippen molar-refractivity contribution in [1.82, 2.24) is 9.79 Å². The summed E-state index contributed by atoms with van der Waals surface area (Å²) in [6.07, 6.45) is 3.46. The van der Waals surface area contributed by atoms with Gasteiger partial charge in [0.1, 0.15) is 6.04 Å². The molecule has 0 bridgehead atoms. The van der Waals surface area contributed by atoms with Gasteiger partial charge in [0.25, 0.3) is 5.91 Å². The van der Waals surface area contributed by atoms with E-state index in [2.05, 4.69) is 0 Å². The average molecular weight is 296 g/mol. The maximum Gasteiger partial charge on any atom is 0.262 e. The molecule has 1 heterocycles. The highest BCUT2D eigenvalue weighted by atomic mass is 32.2. The predicted octanol–water partition coefficient (Wildman–Crippen LogP) is 0.757. The Hall–Kier alpha value is -1.70. The lowest BCUT2D eigenvalue weighted by molar-refractivity contribution is -0.134. The fourth-order valence-corrected chi connectivity index (χ4v) is 3.91. The normalized spacial score (nSPS) is 23.5. The molecular formula is C13H16N2O4S. The van der Waals surface area contributed by atoms with E-state index in [0.717, 1.165) is 4.31 Å². The summed E-state index contributed by atoms with van der Waals surface area (Å²) in [5.41, 5.74) is 1.54. The molecule has 2 rings (SSSR count). The number of rotatable bonds is 3. The number of hydrogen-bond donors (Lipinski definition) is 2. The summed E-state index contributed by atoms with van der Waals surface area (Å²) in [5, 5.41) is 8.81. The zero-order valence-electron chi connectivity index (χ0n) is 10.9. The molecule has 1 aromatic carbocycles. The summed E-state index contributed by atoms with van der Waals surface area (Å²) >= 11 is 0. The lowest BCUT2D eigenvalue weighted by Gasteiger charge is -2.34. The molecular weight excluding hydrogens is 280 g/mol. The van der Waals surface area contributed by atoms with E-state index in [1.54, 1.807) is 37.3 Å². The van der Waals surface area contributed by atoms with E-state index >= 15 is 0 Å². The quantitative estimate of drug-likeness (QED) is 0.490. The number of hydrogen-bond acceptors (Lipinski definition) is 4. The van der Waals surface area contributed by atoms with E-state index in [0.29, 0.717) is 0 Å². The molecule has 1 aliphatic heterocycles. The minimum atomic E-state index is -3.79. The first-order chi connectivity index (χ1) is 9.48. The molecule has 1 aliphatic rings. The summed E-state index contributed by atoms with van der Waals surface area (Å²) in [4.78, 5) is 11.9. The van der Waals surface area contributed by atoms with Crippen LogP contribution in [0.15, 0.2) is 47.4 Å². The minimum Gasteiger partial charge on any atom is -0.289 e. The van der Waals surface area contributed by atoms with Crippen LogP contribution in [0.25, 0.3) is 0 Å². The van der Waals surface area contributed by atoms with Gasteiger partial charge in [0.2, 0.25) is 10.0 Å². The number of benzene rings is 1. The van der Waals surface area contributed by atoms with Crippen molar-refractivity contribution >= 4 is 15.9 Å². The molecule has 0 spiro atoms. The average Bonchev–Trinajstić information content (AvgIpc) is 2.47. The second-order valence-electron chi connectivity index (χ2n) is 4.60. The summed E-state index contributed by atoms with van der Waals surface area (Å²) in [6, 6.07) is 6.96. The number of carbonyl (C=O) groups excluding carboxylic acids is 1. The van der Waals surface area contributed by atoms with Crippen LogP contribution in [0.5, 0.6) is 0 Å². The summed E-state index contributed by atoms with van der Waals surface area (Å²) in [7, 11) is -3.79. The maximum atomic E-state index is 12.6. The SMILES string of the molecule is CC1C=CCN(S(=O)(=O)c2ccccc2)C1C(=O)NO. The summed E-state index contributed by atoms with van der Waals surface area (Å²) in [6.45, 7) is 1.82. The molecule has 0 saturated heterocycles. The fourth-order valence-electron chi connectivity index (χ4n) is 2.27. The van der Waals surface area contributed by atoms with Crippen LogP contribution in [-0.2, 0) is 14.8 Å². The molecule has 0 fully saturated rings. The van der Waals surface area contributed by atoms with E-state index in [9.17, 15) is 13.2 Å². The van der Waals surface area contributed by atoms with Gasteiger partial charge in [-0.3, -0.25) is 10.0 Å². The largest absolute Gasteiger partial charge is 0.289 e. The summed E-state index contributed by atoms with van der Waals surface area (Å²) < 4.78 is 26.3. The van der Waals surface area contributed by atoms with Gasteiger partial charge in [-0.15, -0.1) is 0 Å². The van der Waals surface area contributed by atoms with Crippen molar-refractivity contribution in [3.05, 3.63) is 42.5 Å². The third-order valence-corrected chi connectivity index (χ3v) is 5.12. The molecule has 2 atom stereocenters. The Labute approximate surface area is 117 Å². The zero-order chi connectivity index (χ0) is 14.8. The first-order valence-corrected chi connectivity index (χ1v) is 7.60. The fraction of sp³-hybridized carbons (Fsp3) is 0.308. The van der Waals surface area contributed by atoms with Crippen molar-refractivity contribution < 1.29 is 18.4 Å². The second-order valence-corrected chi connectivity index (χ2v) is 6.49. The maximum absolute atomic E-state index is 12.6. The number of nitrogens with zero attached hydrogens (tertiary/aromatic N) is 1. The first-order valence-electron chi connectivity index (χ1n) is 6.16. The van der Waals surface area contributed by atoms with Crippen molar-refractivity contribution in [3.8, 4) is 0 Å². The van der Waals surface area contributed by atoms with Crippen molar-refractivity contribution in [2.75, 3.05) is 6.54 Å². The molecule has 108 valence electrons. The Bertz CT molecular complexity index is 613. The van der Waals surface area contributed by atoms with Gasteiger partial charge >= 0.3 is 0 Å². The van der Waals surface area contributed by atoms with Crippen molar-refractivity contribution in [2.45, 2.75) is 17.9 Å². The zero-order valence-corrected chi connectivity index (χ0v) is 11.7. The monoisotopic (exact) mass is 296 g/mol. The van der Waals surface area contributed by atoms with Gasteiger partial charge in [0.15, 0.2) is 0 Å². The highest BCUT2D eigenvalue weighted by Crippen LogP contribution is 2.25. The van der Waals surface area contributed by atoms with Crippen LogP contribution in [0.1, 0.15) is 6.92 Å². The van der Waals surface area contributed by atoms with Crippen molar-refractivity contribution in [3.63, 3.8) is 0 Å². The van der Waals surface area contributed by atoms with Crippen LogP contribution in [-0.4, -0.2) is 36.4 Å². The van der Waals surface area contributed by atoms with Gasteiger partial charge in [0.05, 0.1) is 4.90 Å². The molecule has 0 aromatic heterocycles. The van der Waals surface area contributed by atoms with Gasteiger partial charge in [-0.1, -0.05) is 37.3 Å². The number of carbonyl (C=O) groups is 1. The highest BCUT2D eigenvalue weighted by molar-refractivity contribution is 7.89. The van der Waals surface area contributed by atoms with E-state index in [1.807, 2.05) is 0 Å². The van der Waals surface area contributed by atoms with Crippen LogP contribution in [0.4, 0.5) is 0 Å². The van der Waals surface area contributed by atoms with E-state index in [4.69, 9.17) is 5.21 Å². The van der Waals surface area contributed by atoms with Gasteiger partial charge in [-0.05, 0) is 18.1 Å². The lowest BCUT2D eigenvalue weighted by atomic mass is 9.98.